The molecule has 0 spiro atoms. The van der Waals surface area contributed by atoms with E-state index >= 15 is 0 Å². The van der Waals surface area contributed by atoms with E-state index in [0.29, 0.717) is 12.8 Å². The zero-order chi connectivity index (χ0) is 9.85. The van der Waals surface area contributed by atoms with Gasteiger partial charge in [-0.3, -0.25) is 9.59 Å². The van der Waals surface area contributed by atoms with Gasteiger partial charge < -0.3 is 0 Å². The molecule has 0 amide bonds. The summed E-state index contributed by atoms with van der Waals surface area (Å²) in [7, 11) is 0. The molecule has 0 N–H and O–H groups in total. The molecular formula is C10H13FO2. The van der Waals surface area contributed by atoms with Crippen molar-refractivity contribution in [3.8, 4) is 0 Å². The smallest absolute Gasteiger partial charge is 0.299 e. The predicted octanol–water partition coefficient (Wildman–Crippen LogP) is 1.88. The maximum absolute atomic E-state index is 13.0. The highest BCUT2D eigenvalue weighted by atomic mass is 19.1. The van der Waals surface area contributed by atoms with Gasteiger partial charge in [0.05, 0.1) is 5.41 Å². The van der Waals surface area contributed by atoms with Gasteiger partial charge in [-0.15, -0.1) is 0 Å². The largest absolute Gasteiger partial charge is 0.308 e. The summed E-state index contributed by atoms with van der Waals surface area (Å²) in [5.74, 6) is 0.0137. The molecule has 2 rings (SSSR count). The van der Waals surface area contributed by atoms with Crippen LogP contribution in [0.25, 0.3) is 0 Å². The lowest BCUT2D eigenvalue weighted by Gasteiger charge is -2.31. The molecule has 0 saturated heterocycles. The van der Waals surface area contributed by atoms with Crippen LogP contribution < -0.4 is 0 Å². The fraction of sp³-hybridized carbons (Fsp3) is 0.800. The van der Waals surface area contributed by atoms with Gasteiger partial charge in [0, 0.05) is 11.8 Å². The molecular weight excluding hydrogens is 171 g/mol. The summed E-state index contributed by atoms with van der Waals surface area (Å²) in [6.45, 7) is 3.34. The fourth-order valence-electron chi connectivity index (χ4n) is 3.02. The van der Waals surface area contributed by atoms with Crippen molar-refractivity contribution in [1.82, 2.24) is 0 Å². The molecule has 13 heavy (non-hydrogen) atoms. The summed E-state index contributed by atoms with van der Waals surface area (Å²) in [5.41, 5.74) is -1.74. The maximum Gasteiger partial charge on any atom is 0.308 e. The average molecular weight is 184 g/mol. The van der Waals surface area contributed by atoms with Gasteiger partial charge in [-0.2, -0.15) is 4.39 Å². The first kappa shape index (κ1) is 8.85. The number of carbonyl (C=O) groups is 2. The normalized spacial score (nSPS) is 48.5. The molecule has 0 aromatic heterocycles. The first-order chi connectivity index (χ1) is 5.93. The van der Waals surface area contributed by atoms with Crippen molar-refractivity contribution in [1.29, 1.82) is 0 Å². The molecule has 2 nitrogen and oxygen atoms in total. The van der Waals surface area contributed by atoms with Crippen LogP contribution in [-0.2, 0) is 9.59 Å². The second-order valence-electron chi connectivity index (χ2n) is 4.67. The van der Waals surface area contributed by atoms with Gasteiger partial charge in [0.15, 0.2) is 0 Å². The van der Waals surface area contributed by atoms with Crippen molar-refractivity contribution in [2.45, 2.75) is 33.1 Å². The molecule has 0 aliphatic heterocycles. The van der Waals surface area contributed by atoms with Gasteiger partial charge in [-0.1, -0.05) is 6.92 Å². The minimum Gasteiger partial charge on any atom is -0.299 e. The third-order valence-corrected chi connectivity index (χ3v) is 4.41. The van der Waals surface area contributed by atoms with Crippen molar-refractivity contribution < 1.29 is 14.0 Å². The highest BCUT2D eigenvalue weighted by Crippen LogP contribution is 2.64. The Labute approximate surface area is 76.5 Å². The number of rotatable bonds is 1. The summed E-state index contributed by atoms with van der Waals surface area (Å²) < 4.78 is 13.0. The van der Waals surface area contributed by atoms with Crippen LogP contribution in [0, 0.1) is 16.7 Å². The summed E-state index contributed by atoms with van der Waals surface area (Å²) in [6, 6.07) is -1.30. The molecule has 0 radical (unpaired) electrons. The number of hydrogen-bond donors (Lipinski definition) is 0. The quantitative estimate of drug-likeness (QED) is 0.583. The second-order valence-corrected chi connectivity index (χ2v) is 4.67. The molecule has 2 bridgehead atoms. The molecule has 2 saturated carbocycles. The monoisotopic (exact) mass is 184 g/mol. The van der Waals surface area contributed by atoms with Gasteiger partial charge in [-0.25, -0.2) is 0 Å². The standard InChI is InChI=1S/C10H13FO2/c1-9-4-3-6(5-7(9)12)10(9,2)8(11)13/h6H,3-5H2,1-2H3. The van der Waals surface area contributed by atoms with Crippen molar-refractivity contribution >= 4 is 11.8 Å². The van der Waals surface area contributed by atoms with Crippen molar-refractivity contribution in [2.24, 2.45) is 16.7 Å². The molecule has 2 fully saturated rings. The first-order valence-electron chi connectivity index (χ1n) is 4.66. The molecule has 2 aliphatic rings. The Morgan fingerprint density at radius 2 is 2.15 bits per heavy atom. The summed E-state index contributed by atoms with van der Waals surface area (Å²) in [5, 5.41) is 0. The van der Waals surface area contributed by atoms with Crippen LogP contribution in [0.15, 0.2) is 0 Å². The van der Waals surface area contributed by atoms with E-state index in [4.69, 9.17) is 0 Å². The number of carbonyl (C=O) groups excluding carboxylic acids is 2. The summed E-state index contributed by atoms with van der Waals surface area (Å²) in [6.07, 6.45) is 1.87. The molecule has 2 aliphatic carbocycles. The van der Waals surface area contributed by atoms with Gasteiger partial charge in [-0.05, 0) is 25.7 Å². The molecule has 72 valence electrons. The zero-order valence-corrected chi connectivity index (χ0v) is 7.89. The minimum atomic E-state index is -1.30. The molecule has 0 aromatic rings. The summed E-state index contributed by atoms with van der Waals surface area (Å²) >= 11 is 0. The Balaban J connectivity index is 2.53. The van der Waals surface area contributed by atoms with Crippen LogP contribution in [0.1, 0.15) is 33.1 Å². The Hall–Kier alpha value is -0.730. The van der Waals surface area contributed by atoms with Crippen LogP contribution in [0.5, 0.6) is 0 Å². The first-order valence-corrected chi connectivity index (χ1v) is 4.66. The second kappa shape index (κ2) is 2.20. The van der Waals surface area contributed by atoms with E-state index in [1.165, 1.54) is 0 Å². The number of Topliss-reactive ketones (excluding diaryl/α,β-unsaturated/α-hetero) is 1. The van der Waals surface area contributed by atoms with E-state index in [9.17, 15) is 14.0 Å². The van der Waals surface area contributed by atoms with Gasteiger partial charge in [0.25, 0.3) is 0 Å². The van der Waals surface area contributed by atoms with E-state index in [1.807, 2.05) is 0 Å². The molecule has 3 heteroatoms. The Morgan fingerprint density at radius 3 is 2.38 bits per heavy atom. The van der Waals surface area contributed by atoms with Crippen LogP contribution >= 0.6 is 0 Å². The van der Waals surface area contributed by atoms with Crippen molar-refractivity contribution in [3.63, 3.8) is 0 Å². The van der Waals surface area contributed by atoms with E-state index in [-0.39, 0.29) is 11.7 Å². The maximum atomic E-state index is 13.0. The topological polar surface area (TPSA) is 34.1 Å². The molecule has 3 unspecified atom stereocenters. The van der Waals surface area contributed by atoms with Crippen LogP contribution in [-0.4, -0.2) is 11.8 Å². The van der Waals surface area contributed by atoms with Crippen LogP contribution in [0.4, 0.5) is 4.39 Å². The van der Waals surface area contributed by atoms with Crippen molar-refractivity contribution in [3.05, 3.63) is 0 Å². The summed E-state index contributed by atoms with van der Waals surface area (Å²) in [4.78, 5) is 22.5. The van der Waals surface area contributed by atoms with E-state index < -0.39 is 16.9 Å². The van der Waals surface area contributed by atoms with Crippen molar-refractivity contribution in [2.75, 3.05) is 0 Å². The lowest BCUT2D eigenvalue weighted by molar-refractivity contribution is -0.148. The number of ketones is 1. The van der Waals surface area contributed by atoms with Gasteiger partial charge >= 0.3 is 6.04 Å². The Kier molecular flexibility index (Phi) is 1.49. The van der Waals surface area contributed by atoms with Crippen LogP contribution in [0.3, 0.4) is 0 Å². The lowest BCUT2D eigenvalue weighted by atomic mass is 9.69. The number of fused-ring (bicyclic) bond motifs is 2. The average Bonchev–Trinajstić information content (AvgIpc) is 2.40. The highest BCUT2D eigenvalue weighted by molar-refractivity contribution is 5.97. The van der Waals surface area contributed by atoms with E-state index in [0.717, 1.165) is 6.42 Å². The van der Waals surface area contributed by atoms with E-state index in [2.05, 4.69) is 0 Å². The number of halogens is 1. The third-order valence-electron chi connectivity index (χ3n) is 4.41. The van der Waals surface area contributed by atoms with Gasteiger partial charge in [0.1, 0.15) is 5.78 Å². The third kappa shape index (κ3) is 0.736. The van der Waals surface area contributed by atoms with E-state index in [1.54, 1.807) is 13.8 Å². The Morgan fingerprint density at radius 1 is 1.54 bits per heavy atom. The molecule has 0 aromatic carbocycles. The Bertz CT molecular complexity index is 299. The zero-order valence-electron chi connectivity index (χ0n) is 7.89. The molecule has 0 heterocycles. The van der Waals surface area contributed by atoms with Gasteiger partial charge in [0.2, 0.25) is 0 Å². The number of hydrogen-bond acceptors (Lipinski definition) is 2. The highest BCUT2D eigenvalue weighted by Gasteiger charge is 2.67. The fourth-order valence-corrected chi connectivity index (χ4v) is 3.02. The molecule has 3 atom stereocenters. The van der Waals surface area contributed by atoms with Crippen LogP contribution in [0.2, 0.25) is 0 Å². The predicted molar refractivity (Wildman–Crippen MR) is 44.7 cm³/mol. The lowest BCUT2D eigenvalue weighted by Crippen LogP contribution is -2.39. The SMILES string of the molecule is CC12CCC(CC1=O)C2(C)C(=O)F. The minimum absolute atomic E-state index is 0.0532.